The molecular formula is C15H16N2O2. The highest BCUT2D eigenvalue weighted by atomic mass is 16.5. The fraction of sp³-hybridized carbons (Fsp3) is 0.133. The van der Waals surface area contributed by atoms with E-state index < -0.39 is 5.91 Å². The van der Waals surface area contributed by atoms with Crippen LogP contribution in [0.25, 0.3) is 0 Å². The maximum atomic E-state index is 11.0. The molecule has 0 fully saturated rings. The van der Waals surface area contributed by atoms with E-state index in [9.17, 15) is 4.79 Å². The van der Waals surface area contributed by atoms with Crippen LogP contribution in [0.1, 0.15) is 21.5 Å². The van der Waals surface area contributed by atoms with Gasteiger partial charge in [-0.15, -0.1) is 0 Å². The quantitative estimate of drug-likeness (QED) is 0.823. The number of primary amides is 1. The number of ether oxygens (including phenoxy) is 1. The zero-order valence-electron chi connectivity index (χ0n) is 10.7. The van der Waals surface area contributed by atoms with Crippen LogP contribution in [0.2, 0.25) is 0 Å². The van der Waals surface area contributed by atoms with Crippen LogP contribution in [-0.2, 0) is 6.61 Å². The fourth-order valence-corrected chi connectivity index (χ4v) is 1.79. The average Bonchev–Trinajstić information content (AvgIpc) is 2.38. The summed E-state index contributed by atoms with van der Waals surface area (Å²) in [7, 11) is 0. The van der Waals surface area contributed by atoms with E-state index in [1.807, 2.05) is 31.2 Å². The van der Waals surface area contributed by atoms with Crippen molar-refractivity contribution in [3.63, 3.8) is 0 Å². The molecule has 2 aromatic carbocycles. The van der Waals surface area contributed by atoms with Crippen molar-refractivity contribution < 1.29 is 9.53 Å². The number of nitrogens with two attached hydrogens (primary N) is 2. The van der Waals surface area contributed by atoms with Gasteiger partial charge in [0, 0.05) is 5.56 Å². The number of aryl methyl sites for hydroxylation is 1. The minimum absolute atomic E-state index is 0.397. The van der Waals surface area contributed by atoms with Gasteiger partial charge in [0.1, 0.15) is 12.4 Å². The highest BCUT2D eigenvalue weighted by Gasteiger charge is 2.05. The first-order chi connectivity index (χ1) is 9.08. The van der Waals surface area contributed by atoms with E-state index >= 15 is 0 Å². The first kappa shape index (κ1) is 13.0. The van der Waals surface area contributed by atoms with Gasteiger partial charge in [0.25, 0.3) is 0 Å². The Morgan fingerprint density at radius 3 is 2.42 bits per heavy atom. The number of hydrogen-bond donors (Lipinski definition) is 2. The fourth-order valence-electron chi connectivity index (χ4n) is 1.79. The lowest BCUT2D eigenvalue weighted by molar-refractivity contribution is 0.1000. The van der Waals surface area contributed by atoms with Gasteiger partial charge < -0.3 is 16.2 Å². The van der Waals surface area contributed by atoms with Crippen molar-refractivity contribution in [1.29, 1.82) is 0 Å². The third-order valence-electron chi connectivity index (χ3n) is 2.86. The molecule has 0 bridgehead atoms. The Morgan fingerprint density at radius 1 is 1.16 bits per heavy atom. The number of carbonyl (C=O) groups is 1. The molecule has 4 heteroatoms. The Labute approximate surface area is 112 Å². The number of benzene rings is 2. The average molecular weight is 256 g/mol. The predicted molar refractivity (Wildman–Crippen MR) is 74.9 cm³/mol. The minimum Gasteiger partial charge on any atom is -0.486 e. The van der Waals surface area contributed by atoms with E-state index in [0.717, 1.165) is 11.1 Å². The molecule has 4 N–H and O–H groups in total. The molecule has 98 valence electrons. The molecule has 0 heterocycles. The number of carbonyl (C=O) groups excluding carboxylic acids is 1. The van der Waals surface area contributed by atoms with Crippen molar-refractivity contribution in [2.75, 3.05) is 5.73 Å². The van der Waals surface area contributed by atoms with Gasteiger partial charge >= 0.3 is 0 Å². The number of hydrogen-bond acceptors (Lipinski definition) is 3. The van der Waals surface area contributed by atoms with Crippen LogP contribution in [-0.4, -0.2) is 5.91 Å². The number of anilines is 1. The molecule has 0 aromatic heterocycles. The summed E-state index contributed by atoms with van der Waals surface area (Å²) in [5, 5.41) is 0. The third-order valence-corrected chi connectivity index (χ3v) is 2.86. The zero-order chi connectivity index (χ0) is 13.8. The smallest absolute Gasteiger partial charge is 0.248 e. The zero-order valence-corrected chi connectivity index (χ0v) is 10.7. The monoisotopic (exact) mass is 256 g/mol. The standard InChI is InChI=1S/C15H16N2O2/c1-10-3-2-4-13(16)14(10)19-9-11-5-7-12(8-6-11)15(17)18/h2-8H,9,16H2,1H3,(H2,17,18). The van der Waals surface area contributed by atoms with Gasteiger partial charge in [-0.2, -0.15) is 0 Å². The largest absolute Gasteiger partial charge is 0.486 e. The molecule has 4 nitrogen and oxygen atoms in total. The van der Waals surface area contributed by atoms with Crippen LogP contribution in [0.3, 0.4) is 0 Å². The molecule has 0 saturated heterocycles. The highest BCUT2D eigenvalue weighted by molar-refractivity contribution is 5.92. The molecule has 2 aromatic rings. The normalized spacial score (nSPS) is 10.2. The van der Waals surface area contributed by atoms with Gasteiger partial charge in [-0.3, -0.25) is 4.79 Å². The molecule has 0 aliphatic carbocycles. The summed E-state index contributed by atoms with van der Waals surface area (Å²) in [5.41, 5.74) is 14.1. The number of para-hydroxylation sites is 1. The molecule has 19 heavy (non-hydrogen) atoms. The third kappa shape index (κ3) is 3.04. The molecule has 0 radical (unpaired) electrons. The number of nitrogen functional groups attached to an aromatic ring is 1. The van der Waals surface area contributed by atoms with E-state index in [2.05, 4.69) is 0 Å². The Morgan fingerprint density at radius 2 is 1.84 bits per heavy atom. The molecule has 2 rings (SSSR count). The van der Waals surface area contributed by atoms with Gasteiger partial charge in [0.15, 0.2) is 0 Å². The van der Waals surface area contributed by atoms with Crippen LogP contribution >= 0.6 is 0 Å². The molecule has 0 saturated carbocycles. The molecule has 0 unspecified atom stereocenters. The minimum atomic E-state index is -0.435. The van der Waals surface area contributed by atoms with Crippen molar-refractivity contribution in [3.8, 4) is 5.75 Å². The van der Waals surface area contributed by atoms with Crippen LogP contribution in [0.4, 0.5) is 5.69 Å². The Kier molecular flexibility index (Phi) is 3.71. The number of amides is 1. The maximum Gasteiger partial charge on any atom is 0.248 e. The maximum absolute atomic E-state index is 11.0. The van der Waals surface area contributed by atoms with Crippen molar-refractivity contribution >= 4 is 11.6 Å². The van der Waals surface area contributed by atoms with Crippen molar-refractivity contribution in [3.05, 3.63) is 59.2 Å². The molecule has 1 amide bonds. The Bertz CT molecular complexity index is 571. The van der Waals surface area contributed by atoms with Crippen molar-refractivity contribution in [2.24, 2.45) is 5.73 Å². The summed E-state index contributed by atoms with van der Waals surface area (Å²) >= 11 is 0. The second-order valence-electron chi connectivity index (χ2n) is 4.34. The van der Waals surface area contributed by atoms with Crippen LogP contribution in [0.15, 0.2) is 42.5 Å². The van der Waals surface area contributed by atoms with E-state index in [0.29, 0.717) is 23.6 Å². The highest BCUT2D eigenvalue weighted by Crippen LogP contribution is 2.26. The molecule has 0 atom stereocenters. The van der Waals surface area contributed by atoms with Gasteiger partial charge in [0.2, 0.25) is 5.91 Å². The summed E-state index contributed by atoms with van der Waals surface area (Å²) in [6.45, 7) is 2.34. The molecule has 0 spiro atoms. The van der Waals surface area contributed by atoms with Gasteiger partial charge in [-0.05, 0) is 36.2 Å². The lowest BCUT2D eigenvalue weighted by atomic mass is 10.1. The summed E-state index contributed by atoms with van der Waals surface area (Å²) < 4.78 is 5.71. The second-order valence-corrected chi connectivity index (χ2v) is 4.34. The number of rotatable bonds is 4. The second kappa shape index (κ2) is 5.44. The molecule has 0 aliphatic heterocycles. The van der Waals surface area contributed by atoms with E-state index in [4.69, 9.17) is 16.2 Å². The van der Waals surface area contributed by atoms with Gasteiger partial charge in [-0.1, -0.05) is 24.3 Å². The summed E-state index contributed by atoms with van der Waals surface area (Å²) in [5.74, 6) is 0.261. The Hall–Kier alpha value is -2.49. The summed E-state index contributed by atoms with van der Waals surface area (Å²) in [6, 6.07) is 12.6. The SMILES string of the molecule is Cc1cccc(N)c1OCc1ccc(C(N)=O)cc1. The van der Waals surface area contributed by atoms with Crippen molar-refractivity contribution in [1.82, 2.24) is 0 Å². The molecule has 0 aliphatic rings. The van der Waals surface area contributed by atoms with Gasteiger partial charge in [-0.25, -0.2) is 0 Å². The van der Waals surface area contributed by atoms with E-state index in [1.54, 1.807) is 18.2 Å². The lowest BCUT2D eigenvalue weighted by Crippen LogP contribution is -2.10. The summed E-state index contributed by atoms with van der Waals surface area (Å²) in [4.78, 5) is 11.0. The molecular weight excluding hydrogens is 240 g/mol. The van der Waals surface area contributed by atoms with E-state index in [-0.39, 0.29) is 0 Å². The van der Waals surface area contributed by atoms with Crippen LogP contribution in [0, 0.1) is 6.92 Å². The van der Waals surface area contributed by atoms with Gasteiger partial charge in [0.05, 0.1) is 5.69 Å². The van der Waals surface area contributed by atoms with Crippen molar-refractivity contribution in [2.45, 2.75) is 13.5 Å². The summed E-state index contributed by atoms with van der Waals surface area (Å²) in [6.07, 6.45) is 0. The van der Waals surface area contributed by atoms with E-state index in [1.165, 1.54) is 0 Å². The lowest BCUT2D eigenvalue weighted by Gasteiger charge is -2.11. The Balaban J connectivity index is 2.08. The first-order valence-electron chi connectivity index (χ1n) is 5.94. The first-order valence-corrected chi connectivity index (χ1v) is 5.94. The topological polar surface area (TPSA) is 78.3 Å². The van der Waals surface area contributed by atoms with Crippen LogP contribution < -0.4 is 16.2 Å². The predicted octanol–water partition coefficient (Wildman–Crippen LogP) is 2.26. The van der Waals surface area contributed by atoms with Crippen LogP contribution in [0.5, 0.6) is 5.75 Å².